The minimum Gasteiger partial charge on any atom is -0.391 e. The summed E-state index contributed by atoms with van der Waals surface area (Å²) in [6.07, 6.45) is 7.24. The Labute approximate surface area is 202 Å². The van der Waals surface area contributed by atoms with E-state index in [-0.39, 0.29) is 30.1 Å². The second kappa shape index (κ2) is 14.9. The quantitative estimate of drug-likeness (QED) is 0.287. The van der Waals surface area contributed by atoms with E-state index in [1.165, 1.54) is 0 Å². The van der Waals surface area contributed by atoms with Gasteiger partial charge in [0.25, 0.3) is 0 Å². The molecule has 0 radical (unpaired) electrons. The third kappa shape index (κ3) is 8.62. The summed E-state index contributed by atoms with van der Waals surface area (Å²) in [5.41, 5.74) is 2.01. The normalized spacial score (nSPS) is 20.1. The average Bonchev–Trinajstić information content (AvgIpc) is 3.42. The van der Waals surface area contributed by atoms with Crippen LogP contribution in [0.4, 0.5) is 0 Å². The van der Waals surface area contributed by atoms with Gasteiger partial charge in [0.15, 0.2) is 0 Å². The van der Waals surface area contributed by atoms with Crippen LogP contribution in [-0.2, 0) is 20.7 Å². The van der Waals surface area contributed by atoms with Crippen molar-refractivity contribution in [3.63, 3.8) is 0 Å². The fourth-order valence-corrected chi connectivity index (χ4v) is 3.48. The number of β-amino-alcohol motifs (C(OH)–C–C–N with tert-alkyl or cyclic N) is 1. The Kier molecular flexibility index (Phi) is 13.0. The smallest absolute Gasteiger partial charge is 0.237 e. The Bertz CT molecular complexity index is 849. The number of likely N-dealkylation sites (N-methyl/N-ethyl adjacent to an activating group) is 1. The van der Waals surface area contributed by atoms with Crippen LogP contribution >= 0.6 is 12.6 Å². The molecular weight excluding hydrogens is 442 g/mol. The highest BCUT2D eigenvalue weighted by molar-refractivity contribution is 7.79. The summed E-state index contributed by atoms with van der Waals surface area (Å²) in [6.45, 7) is 6.11. The number of aromatic nitrogens is 2. The predicted molar refractivity (Wildman–Crippen MR) is 134 cm³/mol. The van der Waals surface area contributed by atoms with Gasteiger partial charge in [0.1, 0.15) is 5.65 Å². The lowest BCUT2D eigenvalue weighted by molar-refractivity contribution is -0.124. The van der Waals surface area contributed by atoms with Gasteiger partial charge < -0.3 is 30.4 Å². The summed E-state index contributed by atoms with van der Waals surface area (Å²) in [5.74, 6) is -0.00102. The van der Waals surface area contributed by atoms with Gasteiger partial charge in [0.2, 0.25) is 12.3 Å². The van der Waals surface area contributed by atoms with Crippen molar-refractivity contribution in [3.8, 4) is 0 Å². The van der Waals surface area contributed by atoms with Crippen LogP contribution in [0.5, 0.6) is 0 Å². The number of likely N-dealkylation sites (tertiary alicyclic amines) is 1. The van der Waals surface area contributed by atoms with Crippen LogP contribution in [0.25, 0.3) is 11.0 Å². The Hall–Kier alpha value is -2.14. The molecule has 1 saturated heterocycles. The molecule has 1 aliphatic heterocycles. The molecule has 186 valence electrons. The van der Waals surface area contributed by atoms with Crippen LogP contribution in [0.3, 0.4) is 0 Å². The van der Waals surface area contributed by atoms with Gasteiger partial charge in [-0.2, -0.15) is 12.6 Å². The number of pyridine rings is 1. The molecule has 3 rings (SSSR count). The van der Waals surface area contributed by atoms with E-state index < -0.39 is 6.10 Å². The zero-order valence-electron chi connectivity index (χ0n) is 20.4. The van der Waals surface area contributed by atoms with Crippen LogP contribution in [0, 0.1) is 0 Å². The Morgan fingerprint density at radius 3 is 2.73 bits per heavy atom. The number of hydrogen-bond acceptors (Lipinski definition) is 7. The molecule has 1 fully saturated rings. The molecule has 0 spiro atoms. The SMILES string of the molecule is CNC(C)C(=O)NC(C)C(C)OC.CS.O=CN1CC(O)CC1Cc1c[nH]c2ncccc12. The average molecular weight is 482 g/mol. The number of carbonyl (C=O) groups excluding carboxylic acids is 2. The van der Waals surface area contributed by atoms with Crippen molar-refractivity contribution in [1.82, 2.24) is 25.5 Å². The number of hydrogen-bond donors (Lipinski definition) is 5. The summed E-state index contributed by atoms with van der Waals surface area (Å²) >= 11 is 3.53. The first-order valence-corrected chi connectivity index (χ1v) is 11.9. The predicted octanol–water partition coefficient (Wildman–Crippen LogP) is 1.38. The maximum Gasteiger partial charge on any atom is 0.237 e. The first-order chi connectivity index (χ1) is 15.8. The molecule has 3 heterocycles. The number of thiol groups is 1. The fraction of sp³-hybridized carbons (Fsp3) is 0.609. The third-order valence-corrected chi connectivity index (χ3v) is 5.83. The van der Waals surface area contributed by atoms with Gasteiger partial charge >= 0.3 is 0 Å². The Morgan fingerprint density at radius 2 is 2.12 bits per heavy atom. The van der Waals surface area contributed by atoms with Crippen molar-refractivity contribution < 1.29 is 19.4 Å². The zero-order chi connectivity index (χ0) is 25.0. The molecule has 9 nitrogen and oxygen atoms in total. The number of nitrogens with one attached hydrogen (secondary N) is 3. The van der Waals surface area contributed by atoms with Gasteiger partial charge in [0.05, 0.1) is 24.3 Å². The van der Waals surface area contributed by atoms with Crippen molar-refractivity contribution in [2.75, 3.05) is 27.0 Å². The lowest BCUT2D eigenvalue weighted by Gasteiger charge is -2.21. The lowest BCUT2D eigenvalue weighted by Crippen LogP contribution is -2.47. The fourth-order valence-electron chi connectivity index (χ4n) is 3.48. The van der Waals surface area contributed by atoms with Gasteiger partial charge in [0, 0.05) is 37.5 Å². The number of carbonyl (C=O) groups is 2. The van der Waals surface area contributed by atoms with Crippen LogP contribution in [0.1, 0.15) is 32.8 Å². The maximum absolute atomic E-state index is 11.4. The molecule has 0 aromatic carbocycles. The first-order valence-electron chi connectivity index (χ1n) is 11.1. The molecule has 2 amide bonds. The van der Waals surface area contributed by atoms with Crippen LogP contribution < -0.4 is 10.6 Å². The van der Waals surface area contributed by atoms with Crippen molar-refractivity contribution >= 4 is 36.0 Å². The van der Waals surface area contributed by atoms with Crippen molar-refractivity contribution in [2.24, 2.45) is 0 Å². The summed E-state index contributed by atoms with van der Waals surface area (Å²) < 4.78 is 5.09. The lowest BCUT2D eigenvalue weighted by atomic mass is 10.0. The van der Waals surface area contributed by atoms with E-state index >= 15 is 0 Å². The molecule has 33 heavy (non-hydrogen) atoms. The highest BCUT2D eigenvalue weighted by Crippen LogP contribution is 2.24. The number of aliphatic hydroxyl groups excluding tert-OH is 1. The van der Waals surface area contributed by atoms with E-state index in [1.807, 2.05) is 39.1 Å². The minimum absolute atomic E-state index is 0.00102. The number of rotatable bonds is 8. The van der Waals surface area contributed by atoms with Crippen molar-refractivity contribution in [1.29, 1.82) is 0 Å². The Morgan fingerprint density at radius 1 is 1.42 bits per heavy atom. The van der Waals surface area contributed by atoms with Crippen LogP contribution in [-0.4, -0.2) is 89.6 Å². The molecule has 2 aromatic heterocycles. The van der Waals surface area contributed by atoms with Gasteiger partial charge in [-0.3, -0.25) is 9.59 Å². The number of H-pyrrole nitrogens is 1. The summed E-state index contributed by atoms with van der Waals surface area (Å²) in [7, 11) is 3.39. The molecule has 0 aliphatic carbocycles. The highest BCUT2D eigenvalue weighted by atomic mass is 32.1. The highest BCUT2D eigenvalue weighted by Gasteiger charge is 2.30. The second-order valence-electron chi connectivity index (χ2n) is 8.01. The molecule has 2 aromatic rings. The topological polar surface area (TPSA) is 120 Å². The number of ether oxygens (including phenoxy) is 1. The van der Waals surface area contributed by atoms with Crippen molar-refractivity contribution in [2.45, 2.75) is 63.9 Å². The molecule has 10 heteroatoms. The van der Waals surface area contributed by atoms with Crippen LogP contribution in [0.2, 0.25) is 0 Å². The summed E-state index contributed by atoms with van der Waals surface area (Å²) in [6, 6.07) is 3.88. The molecule has 0 bridgehead atoms. The maximum atomic E-state index is 11.4. The molecule has 5 atom stereocenters. The first kappa shape index (κ1) is 28.9. The van der Waals surface area contributed by atoms with Gasteiger partial charge in [-0.1, -0.05) is 0 Å². The van der Waals surface area contributed by atoms with E-state index in [4.69, 9.17) is 4.74 Å². The summed E-state index contributed by atoms with van der Waals surface area (Å²) in [4.78, 5) is 31.4. The van der Waals surface area contributed by atoms with Gasteiger partial charge in [-0.05, 0) is 64.6 Å². The number of fused-ring (bicyclic) bond motifs is 1. The van der Waals surface area contributed by atoms with E-state index in [0.29, 0.717) is 13.0 Å². The molecule has 5 unspecified atom stereocenters. The van der Waals surface area contributed by atoms with E-state index in [1.54, 1.807) is 31.5 Å². The number of aliphatic hydroxyl groups is 1. The number of methoxy groups -OCH3 is 1. The third-order valence-electron chi connectivity index (χ3n) is 5.83. The number of amides is 2. The number of aromatic amines is 1. The second-order valence-corrected chi connectivity index (χ2v) is 8.01. The summed E-state index contributed by atoms with van der Waals surface area (Å²) in [5, 5.41) is 16.4. The molecule has 1 aliphatic rings. The molecule has 0 saturated carbocycles. The number of nitrogens with zero attached hydrogens (tertiary/aromatic N) is 2. The van der Waals surface area contributed by atoms with E-state index in [2.05, 4.69) is 33.2 Å². The standard InChI is InChI=1S/C13H15N3O2.C9H20N2O2.CH4S/c17-8-16-7-11(18)5-10(16)4-9-6-15-13-12(9)2-1-3-14-13;1-6(8(3)13-5)11-9(12)7(2)10-4;1-2/h1-3,6,8,10-11,18H,4-5,7H2,(H,14,15);6-8,10H,1-5H3,(H,11,12);2H,1H3. The molecular formula is C23H39N5O4S. The largest absolute Gasteiger partial charge is 0.391 e. The Balaban J connectivity index is 0.000000324. The monoisotopic (exact) mass is 481 g/mol. The van der Waals surface area contributed by atoms with Gasteiger partial charge in [-0.25, -0.2) is 4.98 Å². The van der Waals surface area contributed by atoms with Gasteiger partial charge in [-0.15, -0.1) is 0 Å². The minimum atomic E-state index is -0.400. The van der Waals surface area contributed by atoms with E-state index in [9.17, 15) is 14.7 Å². The van der Waals surface area contributed by atoms with Crippen molar-refractivity contribution in [3.05, 3.63) is 30.1 Å². The zero-order valence-corrected chi connectivity index (χ0v) is 21.3. The molecule has 4 N–H and O–H groups in total. The van der Waals surface area contributed by atoms with E-state index in [0.717, 1.165) is 29.4 Å². The van der Waals surface area contributed by atoms with Crippen LogP contribution in [0.15, 0.2) is 24.5 Å².